The van der Waals surface area contributed by atoms with E-state index < -0.39 is 10.0 Å². The molecule has 96 valence electrons. The molecule has 0 radical (unpaired) electrons. The summed E-state index contributed by atoms with van der Waals surface area (Å²) in [6.45, 7) is 4.45. The number of rotatable bonds is 5. The highest BCUT2D eigenvalue weighted by molar-refractivity contribution is 7.89. The molecule has 2 N–H and O–H groups in total. The van der Waals surface area contributed by atoms with Crippen molar-refractivity contribution in [2.75, 3.05) is 19.3 Å². The topological polar surface area (TPSA) is 63.4 Å². The molecule has 5 heteroatoms. The first kappa shape index (κ1) is 14.0. The molecule has 17 heavy (non-hydrogen) atoms. The van der Waals surface area contributed by atoms with E-state index in [1.54, 1.807) is 25.2 Å². The highest BCUT2D eigenvalue weighted by Crippen LogP contribution is 2.21. The molecule has 0 amide bonds. The zero-order valence-corrected chi connectivity index (χ0v) is 11.4. The van der Waals surface area contributed by atoms with Crippen LogP contribution in [0.2, 0.25) is 0 Å². The number of anilines is 1. The second-order valence-corrected chi connectivity index (χ2v) is 6.09. The molecule has 0 heterocycles. The monoisotopic (exact) mass is 256 g/mol. The Balaban J connectivity index is 3.12. The van der Waals surface area contributed by atoms with Crippen LogP contribution in [0.25, 0.3) is 0 Å². The lowest BCUT2D eigenvalue weighted by atomic mass is 10.1. The Morgan fingerprint density at radius 2 is 1.94 bits per heavy atom. The van der Waals surface area contributed by atoms with E-state index >= 15 is 0 Å². The predicted molar refractivity (Wildman–Crippen MR) is 70.3 cm³/mol. The third-order valence-electron chi connectivity index (χ3n) is 2.74. The first-order valence-corrected chi connectivity index (χ1v) is 7.22. The van der Waals surface area contributed by atoms with E-state index in [1.807, 2.05) is 13.8 Å². The van der Waals surface area contributed by atoms with E-state index in [2.05, 4.69) is 0 Å². The fourth-order valence-corrected chi connectivity index (χ4v) is 2.97. The molecule has 0 saturated carbocycles. The molecule has 4 nitrogen and oxygen atoms in total. The predicted octanol–water partition coefficient (Wildman–Crippen LogP) is 1.86. The van der Waals surface area contributed by atoms with Crippen LogP contribution in [0.3, 0.4) is 0 Å². The summed E-state index contributed by atoms with van der Waals surface area (Å²) in [5.41, 5.74) is 7.33. The second-order valence-electron chi connectivity index (χ2n) is 4.04. The average molecular weight is 256 g/mol. The van der Waals surface area contributed by atoms with Gasteiger partial charge in [-0.1, -0.05) is 19.9 Å². The van der Waals surface area contributed by atoms with Gasteiger partial charge in [-0.2, -0.15) is 0 Å². The van der Waals surface area contributed by atoms with Gasteiger partial charge in [0.25, 0.3) is 0 Å². The second kappa shape index (κ2) is 5.51. The zero-order chi connectivity index (χ0) is 13.1. The fourth-order valence-electron chi connectivity index (χ4n) is 1.67. The van der Waals surface area contributed by atoms with Gasteiger partial charge in [0.1, 0.15) is 0 Å². The Labute approximate surface area is 103 Å². The van der Waals surface area contributed by atoms with Crippen LogP contribution in [-0.2, 0) is 16.4 Å². The Morgan fingerprint density at radius 1 is 1.29 bits per heavy atom. The minimum Gasteiger partial charge on any atom is -0.398 e. The van der Waals surface area contributed by atoms with Crippen molar-refractivity contribution in [2.24, 2.45) is 0 Å². The number of sulfonamides is 1. The molecule has 0 atom stereocenters. The minimum atomic E-state index is -3.40. The van der Waals surface area contributed by atoms with Gasteiger partial charge in [-0.05, 0) is 30.5 Å². The SMILES string of the molecule is CCCN(C)S(=O)(=O)c1ccc(CC)c(N)c1. The number of hydrogen-bond donors (Lipinski definition) is 1. The van der Waals surface area contributed by atoms with Crippen LogP contribution in [-0.4, -0.2) is 26.3 Å². The lowest BCUT2D eigenvalue weighted by molar-refractivity contribution is 0.468. The summed E-state index contributed by atoms with van der Waals surface area (Å²) in [6, 6.07) is 4.94. The van der Waals surface area contributed by atoms with Gasteiger partial charge in [-0.25, -0.2) is 12.7 Å². The van der Waals surface area contributed by atoms with Crippen LogP contribution in [0, 0.1) is 0 Å². The van der Waals surface area contributed by atoms with Gasteiger partial charge in [0.05, 0.1) is 4.90 Å². The van der Waals surface area contributed by atoms with Crippen molar-refractivity contribution in [3.8, 4) is 0 Å². The van der Waals surface area contributed by atoms with E-state index in [9.17, 15) is 8.42 Å². The molecule has 0 saturated heterocycles. The van der Waals surface area contributed by atoms with Gasteiger partial charge >= 0.3 is 0 Å². The number of hydrogen-bond acceptors (Lipinski definition) is 3. The van der Waals surface area contributed by atoms with Gasteiger partial charge in [-0.3, -0.25) is 0 Å². The van der Waals surface area contributed by atoms with Crippen molar-refractivity contribution in [1.29, 1.82) is 0 Å². The summed E-state index contributed by atoms with van der Waals surface area (Å²) < 4.78 is 25.6. The maximum absolute atomic E-state index is 12.1. The quantitative estimate of drug-likeness (QED) is 0.818. The minimum absolute atomic E-state index is 0.267. The van der Waals surface area contributed by atoms with E-state index in [1.165, 1.54) is 4.31 Å². The van der Waals surface area contributed by atoms with Crippen LogP contribution >= 0.6 is 0 Å². The molecule has 0 aliphatic heterocycles. The van der Waals surface area contributed by atoms with Gasteiger partial charge in [0, 0.05) is 19.3 Å². The first-order valence-electron chi connectivity index (χ1n) is 5.78. The Bertz CT molecular complexity index is 483. The molecule has 0 aromatic heterocycles. The average Bonchev–Trinajstić information content (AvgIpc) is 2.29. The van der Waals surface area contributed by atoms with E-state index in [-0.39, 0.29) is 4.90 Å². The molecule has 0 unspecified atom stereocenters. The third kappa shape index (κ3) is 2.98. The zero-order valence-electron chi connectivity index (χ0n) is 10.6. The third-order valence-corrected chi connectivity index (χ3v) is 4.60. The van der Waals surface area contributed by atoms with Crippen molar-refractivity contribution in [1.82, 2.24) is 4.31 Å². The number of nitrogens with zero attached hydrogens (tertiary/aromatic N) is 1. The van der Waals surface area contributed by atoms with Gasteiger partial charge in [0.2, 0.25) is 10.0 Å². The lowest BCUT2D eigenvalue weighted by Crippen LogP contribution is -2.27. The Hall–Kier alpha value is -1.07. The molecule has 1 aromatic rings. The van der Waals surface area contributed by atoms with Crippen LogP contribution in [0.15, 0.2) is 23.1 Å². The number of nitrogen functional groups attached to an aromatic ring is 1. The maximum Gasteiger partial charge on any atom is 0.242 e. The maximum atomic E-state index is 12.1. The smallest absolute Gasteiger partial charge is 0.242 e. The molecule has 0 spiro atoms. The molecular weight excluding hydrogens is 236 g/mol. The molecule has 0 bridgehead atoms. The molecule has 0 aliphatic rings. The van der Waals surface area contributed by atoms with Crippen LogP contribution in [0.4, 0.5) is 5.69 Å². The molecule has 0 fully saturated rings. The highest BCUT2D eigenvalue weighted by atomic mass is 32.2. The Kier molecular flexibility index (Phi) is 4.54. The van der Waals surface area contributed by atoms with E-state index in [4.69, 9.17) is 5.73 Å². The molecule has 1 rings (SSSR count). The summed E-state index contributed by atoms with van der Waals surface area (Å²) in [5, 5.41) is 0. The van der Waals surface area contributed by atoms with Crippen LogP contribution in [0.5, 0.6) is 0 Å². The van der Waals surface area contributed by atoms with Crippen molar-refractivity contribution in [3.05, 3.63) is 23.8 Å². The highest BCUT2D eigenvalue weighted by Gasteiger charge is 2.20. The van der Waals surface area contributed by atoms with Gasteiger partial charge in [0.15, 0.2) is 0 Å². The summed E-state index contributed by atoms with van der Waals surface area (Å²) in [7, 11) is -1.81. The molecule has 0 aliphatic carbocycles. The molecule has 1 aromatic carbocycles. The van der Waals surface area contributed by atoms with Crippen LogP contribution < -0.4 is 5.73 Å². The summed E-state index contributed by atoms with van der Waals surface area (Å²) in [4.78, 5) is 0.267. The van der Waals surface area contributed by atoms with Gasteiger partial charge in [-0.15, -0.1) is 0 Å². The van der Waals surface area contributed by atoms with Gasteiger partial charge < -0.3 is 5.73 Å². The Morgan fingerprint density at radius 3 is 2.41 bits per heavy atom. The fraction of sp³-hybridized carbons (Fsp3) is 0.500. The van der Waals surface area contributed by atoms with Crippen molar-refractivity contribution >= 4 is 15.7 Å². The summed E-state index contributed by atoms with van der Waals surface area (Å²) >= 11 is 0. The largest absolute Gasteiger partial charge is 0.398 e. The number of aryl methyl sites for hydroxylation is 1. The van der Waals surface area contributed by atoms with E-state index in [0.29, 0.717) is 12.2 Å². The first-order chi connectivity index (χ1) is 7.93. The summed E-state index contributed by atoms with van der Waals surface area (Å²) in [5.74, 6) is 0. The van der Waals surface area contributed by atoms with Crippen molar-refractivity contribution in [3.63, 3.8) is 0 Å². The standard InChI is InChI=1S/C12H20N2O2S/c1-4-8-14(3)17(15,16)11-7-6-10(5-2)12(13)9-11/h6-7,9H,4-5,8,13H2,1-3H3. The van der Waals surface area contributed by atoms with Crippen molar-refractivity contribution in [2.45, 2.75) is 31.6 Å². The summed E-state index contributed by atoms with van der Waals surface area (Å²) in [6.07, 6.45) is 1.59. The van der Waals surface area contributed by atoms with Crippen LogP contribution in [0.1, 0.15) is 25.8 Å². The normalized spacial score (nSPS) is 12.0. The number of benzene rings is 1. The molecular formula is C12H20N2O2S. The number of nitrogens with two attached hydrogens (primary N) is 1. The lowest BCUT2D eigenvalue weighted by Gasteiger charge is -2.17. The van der Waals surface area contributed by atoms with Crippen molar-refractivity contribution < 1.29 is 8.42 Å². The van der Waals surface area contributed by atoms with E-state index in [0.717, 1.165) is 18.4 Å².